The van der Waals surface area contributed by atoms with Crippen molar-refractivity contribution in [3.05, 3.63) is 6.42 Å². The van der Waals surface area contributed by atoms with Gasteiger partial charge in [-0.05, 0) is 12.8 Å². The molecule has 0 aliphatic rings. The Labute approximate surface area is 68.9 Å². The molecule has 0 bridgehead atoms. The first-order valence-corrected chi connectivity index (χ1v) is 4.16. The van der Waals surface area contributed by atoms with Gasteiger partial charge in [0.15, 0.2) is 0 Å². The molecule has 0 saturated carbocycles. The van der Waals surface area contributed by atoms with Gasteiger partial charge in [0.1, 0.15) is 0 Å². The third-order valence-electron chi connectivity index (χ3n) is 1.52. The van der Waals surface area contributed by atoms with Crippen LogP contribution in [0.5, 0.6) is 0 Å². The van der Waals surface area contributed by atoms with Gasteiger partial charge in [-0.15, -0.1) is 0 Å². The summed E-state index contributed by atoms with van der Waals surface area (Å²) in [5, 5.41) is 0. The van der Waals surface area contributed by atoms with E-state index in [9.17, 15) is 4.79 Å². The van der Waals surface area contributed by atoms with E-state index in [0.29, 0.717) is 6.61 Å². The molecule has 0 aliphatic heterocycles. The van der Waals surface area contributed by atoms with Gasteiger partial charge in [0, 0.05) is 0 Å². The van der Waals surface area contributed by atoms with Crippen LogP contribution in [0.1, 0.15) is 33.6 Å². The van der Waals surface area contributed by atoms with Crippen molar-refractivity contribution in [3.8, 4) is 0 Å². The highest BCUT2D eigenvalue weighted by molar-refractivity contribution is 5.71. The van der Waals surface area contributed by atoms with Crippen molar-refractivity contribution in [2.75, 3.05) is 6.61 Å². The molecule has 0 rings (SSSR count). The summed E-state index contributed by atoms with van der Waals surface area (Å²) in [6.07, 6.45) is 3.78. The van der Waals surface area contributed by atoms with Gasteiger partial charge >= 0.3 is 5.97 Å². The standard InChI is InChI=1S/C9H17O2/c1-4-6-8(3)9(10)11-7-5-2/h5,8H,4,6-7H2,1-3H3. The van der Waals surface area contributed by atoms with Gasteiger partial charge in [-0.2, -0.15) is 0 Å². The average molecular weight is 157 g/mol. The summed E-state index contributed by atoms with van der Waals surface area (Å²) < 4.78 is 4.91. The molecule has 0 amide bonds. The minimum absolute atomic E-state index is 0.0555. The smallest absolute Gasteiger partial charge is 0.308 e. The fraction of sp³-hybridized carbons (Fsp3) is 0.778. The van der Waals surface area contributed by atoms with Crippen LogP contribution in [0.4, 0.5) is 0 Å². The van der Waals surface area contributed by atoms with Crippen LogP contribution in [-0.2, 0) is 9.53 Å². The lowest BCUT2D eigenvalue weighted by molar-refractivity contribution is -0.147. The van der Waals surface area contributed by atoms with Crippen LogP contribution in [0.25, 0.3) is 0 Å². The van der Waals surface area contributed by atoms with Crippen LogP contribution in [0.15, 0.2) is 0 Å². The van der Waals surface area contributed by atoms with Gasteiger partial charge in [0.2, 0.25) is 0 Å². The van der Waals surface area contributed by atoms with Gasteiger partial charge in [0.05, 0.1) is 12.5 Å². The highest BCUT2D eigenvalue weighted by atomic mass is 16.5. The van der Waals surface area contributed by atoms with Crippen molar-refractivity contribution in [2.45, 2.75) is 33.6 Å². The predicted molar refractivity (Wildman–Crippen MR) is 45.0 cm³/mol. The molecular weight excluding hydrogens is 140 g/mol. The third kappa shape index (κ3) is 4.82. The molecule has 11 heavy (non-hydrogen) atoms. The maximum atomic E-state index is 11.0. The van der Waals surface area contributed by atoms with E-state index >= 15 is 0 Å². The molecule has 1 atom stereocenters. The van der Waals surface area contributed by atoms with Gasteiger partial charge in [0.25, 0.3) is 0 Å². The summed E-state index contributed by atoms with van der Waals surface area (Å²) in [5.41, 5.74) is 0. The van der Waals surface area contributed by atoms with E-state index in [4.69, 9.17) is 4.74 Å². The minimum Gasteiger partial charge on any atom is -0.465 e. The molecule has 2 nitrogen and oxygen atoms in total. The molecule has 0 aliphatic carbocycles. The number of esters is 1. The van der Waals surface area contributed by atoms with Crippen LogP contribution in [0.2, 0.25) is 0 Å². The fourth-order valence-corrected chi connectivity index (χ4v) is 0.859. The zero-order chi connectivity index (χ0) is 8.69. The zero-order valence-corrected chi connectivity index (χ0v) is 7.59. The van der Waals surface area contributed by atoms with Crippen molar-refractivity contribution in [3.63, 3.8) is 0 Å². The lowest BCUT2D eigenvalue weighted by Crippen LogP contribution is -2.14. The molecule has 0 aromatic carbocycles. The first-order chi connectivity index (χ1) is 5.22. The molecule has 1 unspecified atom stereocenters. The Morgan fingerprint density at radius 2 is 2.27 bits per heavy atom. The maximum Gasteiger partial charge on any atom is 0.308 e. The SMILES string of the molecule is C[CH]COC(=O)C(C)CCC. The Morgan fingerprint density at radius 1 is 1.64 bits per heavy atom. The Bertz CT molecular complexity index is 110. The van der Waals surface area contributed by atoms with Gasteiger partial charge in [-0.25, -0.2) is 0 Å². The number of rotatable bonds is 5. The quantitative estimate of drug-likeness (QED) is 0.572. The first kappa shape index (κ1) is 10.5. The van der Waals surface area contributed by atoms with Crippen molar-refractivity contribution in [1.82, 2.24) is 0 Å². The van der Waals surface area contributed by atoms with Crippen molar-refractivity contribution < 1.29 is 9.53 Å². The van der Waals surface area contributed by atoms with E-state index < -0.39 is 0 Å². The zero-order valence-electron chi connectivity index (χ0n) is 7.59. The largest absolute Gasteiger partial charge is 0.465 e. The van der Waals surface area contributed by atoms with E-state index in [1.165, 1.54) is 0 Å². The summed E-state index contributed by atoms with van der Waals surface area (Å²) >= 11 is 0. The summed E-state index contributed by atoms with van der Waals surface area (Å²) in [6.45, 7) is 6.28. The molecule has 1 radical (unpaired) electrons. The topological polar surface area (TPSA) is 26.3 Å². The highest BCUT2D eigenvalue weighted by Crippen LogP contribution is 2.06. The second kappa shape index (κ2) is 6.20. The number of hydrogen-bond acceptors (Lipinski definition) is 2. The van der Waals surface area contributed by atoms with E-state index in [1.807, 2.05) is 20.3 Å². The molecule has 0 fully saturated rings. The van der Waals surface area contributed by atoms with E-state index in [-0.39, 0.29) is 11.9 Å². The predicted octanol–water partition coefficient (Wildman–Crippen LogP) is 2.19. The van der Waals surface area contributed by atoms with Crippen LogP contribution in [0, 0.1) is 12.3 Å². The third-order valence-corrected chi connectivity index (χ3v) is 1.52. The van der Waals surface area contributed by atoms with Crippen molar-refractivity contribution >= 4 is 5.97 Å². The van der Waals surface area contributed by atoms with Crippen LogP contribution < -0.4 is 0 Å². The number of hydrogen-bond donors (Lipinski definition) is 0. The van der Waals surface area contributed by atoms with Crippen LogP contribution >= 0.6 is 0 Å². The molecule has 0 aromatic rings. The molecular formula is C9H17O2. The van der Waals surface area contributed by atoms with Gasteiger partial charge < -0.3 is 4.74 Å². The minimum atomic E-state index is -0.0787. The normalized spacial score (nSPS) is 12.6. The Kier molecular flexibility index (Phi) is 5.90. The van der Waals surface area contributed by atoms with E-state index in [2.05, 4.69) is 6.92 Å². The fourth-order valence-electron chi connectivity index (χ4n) is 0.859. The van der Waals surface area contributed by atoms with Crippen LogP contribution in [-0.4, -0.2) is 12.6 Å². The number of ether oxygens (including phenoxy) is 1. The van der Waals surface area contributed by atoms with Gasteiger partial charge in [-0.1, -0.05) is 27.2 Å². The summed E-state index contributed by atoms with van der Waals surface area (Å²) in [7, 11) is 0. The molecule has 0 saturated heterocycles. The number of carbonyl (C=O) groups excluding carboxylic acids is 1. The van der Waals surface area contributed by atoms with Crippen molar-refractivity contribution in [1.29, 1.82) is 0 Å². The highest BCUT2D eigenvalue weighted by Gasteiger charge is 2.11. The molecule has 0 N–H and O–H groups in total. The summed E-state index contributed by atoms with van der Waals surface area (Å²) in [6, 6.07) is 0. The van der Waals surface area contributed by atoms with E-state index in [0.717, 1.165) is 12.8 Å². The monoisotopic (exact) mass is 157 g/mol. The molecule has 0 spiro atoms. The maximum absolute atomic E-state index is 11.0. The molecule has 0 heterocycles. The van der Waals surface area contributed by atoms with Crippen LogP contribution in [0.3, 0.4) is 0 Å². The molecule has 65 valence electrons. The average Bonchev–Trinajstić information content (AvgIpc) is 2.00. The lowest BCUT2D eigenvalue weighted by Gasteiger charge is -2.08. The Hall–Kier alpha value is -0.530. The first-order valence-electron chi connectivity index (χ1n) is 4.16. The van der Waals surface area contributed by atoms with Crippen molar-refractivity contribution in [2.24, 2.45) is 5.92 Å². The Balaban J connectivity index is 3.47. The Morgan fingerprint density at radius 3 is 2.73 bits per heavy atom. The second-order valence-corrected chi connectivity index (χ2v) is 2.73. The molecule has 2 heteroatoms. The van der Waals surface area contributed by atoms with E-state index in [1.54, 1.807) is 0 Å². The summed E-state index contributed by atoms with van der Waals surface area (Å²) in [4.78, 5) is 11.0. The van der Waals surface area contributed by atoms with Gasteiger partial charge in [-0.3, -0.25) is 4.79 Å². The number of carbonyl (C=O) groups is 1. The molecule has 0 aromatic heterocycles. The second-order valence-electron chi connectivity index (χ2n) is 2.73. The summed E-state index contributed by atoms with van der Waals surface area (Å²) in [5.74, 6) is -0.0232. The lowest BCUT2D eigenvalue weighted by atomic mass is 10.1.